The van der Waals surface area contributed by atoms with E-state index in [0.29, 0.717) is 11.5 Å². The van der Waals surface area contributed by atoms with Crippen LogP contribution in [0.2, 0.25) is 0 Å². The number of hydrogen-bond donors (Lipinski definition) is 1. The van der Waals surface area contributed by atoms with Gasteiger partial charge in [0, 0.05) is 32.2 Å². The van der Waals surface area contributed by atoms with Gasteiger partial charge >= 0.3 is 0 Å². The first-order valence-electron chi connectivity index (χ1n) is 8.63. The summed E-state index contributed by atoms with van der Waals surface area (Å²) in [6, 6.07) is 0.635. The molecule has 2 atom stereocenters. The van der Waals surface area contributed by atoms with Gasteiger partial charge in [0.05, 0.1) is 0 Å². The van der Waals surface area contributed by atoms with Gasteiger partial charge in [-0.1, -0.05) is 33.1 Å². The van der Waals surface area contributed by atoms with E-state index in [2.05, 4.69) is 24.1 Å². The van der Waals surface area contributed by atoms with Crippen LogP contribution in [0, 0.1) is 17.3 Å². The summed E-state index contributed by atoms with van der Waals surface area (Å²) in [5.74, 6) is 2.10. The van der Waals surface area contributed by atoms with Gasteiger partial charge in [0.1, 0.15) is 0 Å². The highest BCUT2D eigenvalue weighted by Gasteiger charge is 2.41. The number of rotatable bonds is 5. The number of nitrogens with one attached hydrogen (secondary N) is 1. The van der Waals surface area contributed by atoms with Crippen molar-refractivity contribution in [2.75, 3.05) is 26.2 Å². The summed E-state index contributed by atoms with van der Waals surface area (Å²) in [5, 5.41) is 3.73. The van der Waals surface area contributed by atoms with E-state index in [1.54, 1.807) is 0 Å². The van der Waals surface area contributed by atoms with Crippen LogP contribution in [0.4, 0.5) is 0 Å². The van der Waals surface area contributed by atoms with Crippen molar-refractivity contribution >= 4 is 0 Å². The van der Waals surface area contributed by atoms with Crippen LogP contribution in [-0.2, 0) is 0 Å². The minimum Gasteiger partial charge on any atom is -0.314 e. The Hall–Kier alpha value is -0.0800. The minimum absolute atomic E-state index is 0.600. The average Bonchev–Trinajstić information content (AvgIpc) is 3.03. The van der Waals surface area contributed by atoms with E-state index in [1.807, 2.05) is 0 Å². The second-order valence-electron chi connectivity index (χ2n) is 7.89. The Bertz CT molecular complexity index is 282. The Labute approximate surface area is 119 Å². The molecule has 3 rings (SSSR count). The van der Waals surface area contributed by atoms with E-state index in [9.17, 15) is 0 Å². The van der Waals surface area contributed by atoms with Gasteiger partial charge < -0.3 is 10.2 Å². The van der Waals surface area contributed by atoms with Crippen molar-refractivity contribution in [3.05, 3.63) is 0 Å². The second kappa shape index (κ2) is 5.73. The van der Waals surface area contributed by atoms with Crippen LogP contribution in [0.1, 0.15) is 58.8 Å². The summed E-state index contributed by atoms with van der Waals surface area (Å²) in [7, 11) is 0. The smallest absolute Gasteiger partial charge is 0.00504 e. The minimum atomic E-state index is 0.600. The fourth-order valence-electron chi connectivity index (χ4n) is 4.87. The predicted octanol–water partition coefficient (Wildman–Crippen LogP) is 3.28. The third kappa shape index (κ3) is 3.16. The predicted molar refractivity (Wildman–Crippen MR) is 81.3 cm³/mol. The molecule has 1 saturated heterocycles. The molecule has 110 valence electrons. The summed E-state index contributed by atoms with van der Waals surface area (Å²) < 4.78 is 0. The van der Waals surface area contributed by atoms with Gasteiger partial charge in [-0.3, -0.25) is 0 Å². The molecule has 0 aromatic carbocycles. The van der Waals surface area contributed by atoms with Crippen molar-refractivity contribution in [3.8, 4) is 0 Å². The number of nitrogens with zero attached hydrogens (tertiary/aromatic N) is 1. The van der Waals surface area contributed by atoms with Crippen LogP contribution in [0.5, 0.6) is 0 Å². The zero-order chi connectivity index (χ0) is 13.3. The highest BCUT2D eigenvalue weighted by molar-refractivity contribution is 4.95. The lowest BCUT2D eigenvalue weighted by atomic mass is 9.85. The molecule has 2 nitrogen and oxygen atoms in total. The zero-order valence-corrected chi connectivity index (χ0v) is 13.0. The fraction of sp³-hybridized carbons (Fsp3) is 1.00. The molecular weight excluding hydrogens is 232 g/mol. The first-order chi connectivity index (χ1) is 9.17. The van der Waals surface area contributed by atoms with E-state index in [1.165, 1.54) is 71.1 Å². The molecule has 3 fully saturated rings. The molecule has 0 spiro atoms. The Morgan fingerprint density at radius 2 is 1.68 bits per heavy atom. The highest BCUT2D eigenvalue weighted by atomic mass is 15.2. The monoisotopic (exact) mass is 264 g/mol. The molecule has 2 saturated carbocycles. The lowest BCUT2D eigenvalue weighted by Crippen LogP contribution is -2.43. The highest BCUT2D eigenvalue weighted by Crippen LogP contribution is 2.42. The molecule has 1 heterocycles. The second-order valence-corrected chi connectivity index (χ2v) is 7.89. The largest absolute Gasteiger partial charge is 0.314 e. The van der Waals surface area contributed by atoms with Crippen LogP contribution in [0.25, 0.3) is 0 Å². The van der Waals surface area contributed by atoms with Crippen molar-refractivity contribution in [2.45, 2.75) is 64.8 Å². The molecule has 0 radical (unpaired) electrons. The van der Waals surface area contributed by atoms with Gasteiger partial charge in [-0.15, -0.1) is 0 Å². The standard InChI is InChI=1S/C17H32N2/c1-14(2)18-12-17(8-3-4-9-17)13-19-10-15-6-5-7-16(15)11-19/h14-16,18H,3-13H2,1-2H3. The van der Waals surface area contributed by atoms with Crippen molar-refractivity contribution in [1.29, 1.82) is 0 Å². The van der Waals surface area contributed by atoms with E-state index < -0.39 is 0 Å². The van der Waals surface area contributed by atoms with Gasteiger partial charge in [0.25, 0.3) is 0 Å². The van der Waals surface area contributed by atoms with Crippen LogP contribution < -0.4 is 5.32 Å². The lowest BCUT2D eigenvalue weighted by Gasteiger charge is -2.35. The van der Waals surface area contributed by atoms with Gasteiger partial charge in [0.2, 0.25) is 0 Å². The summed E-state index contributed by atoms with van der Waals surface area (Å²) >= 11 is 0. The van der Waals surface area contributed by atoms with E-state index >= 15 is 0 Å². The summed E-state index contributed by atoms with van der Waals surface area (Å²) in [4.78, 5) is 2.82. The number of fused-ring (bicyclic) bond motifs is 1. The Kier molecular flexibility index (Phi) is 4.19. The Morgan fingerprint density at radius 1 is 1.05 bits per heavy atom. The molecule has 0 bridgehead atoms. The molecule has 19 heavy (non-hydrogen) atoms. The first-order valence-corrected chi connectivity index (χ1v) is 8.63. The van der Waals surface area contributed by atoms with Gasteiger partial charge in [-0.05, 0) is 42.9 Å². The van der Waals surface area contributed by atoms with E-state index in [0.717, 1.165) is 11.8 Å². The quantitative estimate of drug-likeness (QED) is 0.820. The van der Waals surface area contributed by atoms with Crippen molar-refractivity contribution in [2.24, 2.45) is 17.3 Å². The first kappa shape index (κ1) is 13.9. The molecule has 0 amide bonds. The summed E-state index contributed by atoms with van der Waals surface area (Å²) in [5.41, 5.74) is 0.600. The molecule has 2 aliphatic carbocycles. The van der Waals surface area contributed by atoms with Gasteiger partial charge in [-0.25, -0.2) is 0 Å². The molecule has 0 aromatic rings. The Morgan fingerprint density at radius 3 is 2.26 bits per heavy atom. The third-order valence-corrected chi connectivity index (χ3v) is 5.91. The summed E-state index contributed by atoms with van der Waals surface area (Å²) in [6.07, 6.45) is 10.4. The molecule has 2 heteroatoms. The zero-order valence-electron chi connectivity index (χ0n) is 13.0. The van der Waals surface area contributed by atoms with E-state index in [-0.39, 0.29) is 0 Å². The molecule has 2 unspecified atom stereocenters. The maximum Gasteiger partial charge on any atom is 0.00504 e. The molecule has 3 aliphatic rings. The Balaban J connectivity index is 1.56. The van der Waals surface area contributed by atoms with Crippen LogP contribution in [0.15, 0.2) is 0 Å². The lowest BCUT2D eigenvalue weighted by molar-refractivity contribution is 0.161. The van der Waals surface area contributed by atoms with Crippen LogP contribution in [0.3, 0.4) is 0 Å². The average molecular weight is 264 g/mol. The topological polar surface area (TPSA) is 15.3 Å². The van der Waals surface area contributed by atoms with Crippen molar-refractivity contribution < 1.29 is 0 Å². The maximum absolute atomic E-state index is 3.73. The normalized spacial score (nSPS) is 34.3. The molecular formula is C17H32N2. The molecule has 0 aromatic heterocycles. The molecule has 1 N–H and O–H groups in total. The van der Waals surface area contributed by atoms with Crippen LogP contribution in [-0.4, -0.2) is 37.1 Å². The van der Waals surface area contributed by atoms with Crippen molar-refractivity contribution in [1.82, 2.24) is 10.2 Å². The molecule has 1 aliphatic heterocycles. The number of likely N-dealkylation sites (tertiary alicyclic amines) is 1. The van der Waals surface area contributed by atoms with Crippen molar-refractivity contribution in [3.63, 3.8) is 0 Å². The number of hydrogen-bond acceptors (Lipinski definition) is 2. The SMILES string of the molecule is CC(C)NCC1(CN2CC3CCCC3C2)CCCC1. The van der Waals surface area contributed by atoms with Gasteiger partial charge in [-0.2, -0.15) is 0 Å². The maximum atomic E-state index is 3.73. The third-order valence-electron chi connectivity index (χ3n) is 5.91. The summed E-state index contributed by atoms with van der Waals surface area (Å²) in [6.45, 7) is 10.0. The van der Waals surface area contributed by atoms with Gasteiger partial charge in [0.15, 0.2) is 0 Å². The van der Waals surface area contributed by atoms with E-state index in [4.69, 9.17) is 0 Å². The fourth-order valence-corrected chi connectivity index (χ4v) is 4.87. The van der Waals surface area contributed by atoms with Crippen LogP contribution >= 0.6 is 0 Å².